The smallest absolute Gasteiger partial charge is 0.273 e. The van der Waals surface area contributed by atoms with Gasteiger partial charge < -0.3 is 9.88 Å². The first-order chi connectivity index (χ1) is 8.88. The molecular weight excluding hydrogens is 258 g/mol. The van der Waals surface area contributed by atoms with E-state index >= 15 is 0 Å². The Balaban J connectivity index is 2.34. The fourth-order valence-electron chi connectivity index (χ4n) is 2.26. The summed E-state index contributed by atoms with van der Waals surface area (Å²) in [6.07, 6.45) is 1.85. The number of hydrogen-bond acceptors (Lipinski definition) is 2. The zero-order valence-corrected chi connectivity index (χ0v) is 12.5. The number of carbonyl (C=O) groups excluding carboxylic acids is 1. The van der Waals surface area contributed by atoms with Gasteiger partial charge in [0.1, 0.15) is 5.70 Å². The third-order valence-electron chi connectivity index (χ3n) is 3.18. The molecule has 0 aromatic carbocycles. The molecule has 102 valence electrons. The zero-order chi connectivity index (χ0) is 14.2. The average Bonchev–Trinajstić information content (AvgIpc) is 2.74. The standard InChI is InChI=1S/C14H19N3OS/c1-8(2)7-17-9(3)5-11(10(17)4)6-12-13(18)16-14(19)15-12/h5-6,8H,7H2,1-4H3,(H2,15,16,18,19)/b12-6-. The van der Waals surface area contributed by atoms with E-state index in [2.05, 4.69) is 49.0 Å². The van der Waals surface area contributed by atoms with Gasteiger partial charge in [-0.1, -0.05) is 13.8 Å². The topological polar surface area (TPSA) is 46.1 Å². The molecule has 2 N–H and O–H groups in total. The summed E-state index contributed by atoms with van der Waals surface area (Å²) >= 11 is 4.92. The Bertz CT molecular complexity index is 569. The molecule has 0 spiro atoms. The third-order valence-corrected chi connectivity index (χ3v) is 3.38. The van der Waals surface area contributed by atoms with Crippen LogP contribution in [0.5, 0.6) is 0 Å². The van der Waals surface area contributed by atoms with E-state index in [4.69, 9.17) is 12.2 Å². The maximum atomic E-state index is 11.6. The van der Waals surface area contributed by atoms with E-state index in [9.17, 15) is 4.79 Å². The van der Waals surface area contributed by atoms with Crippen LogP contribution in [0.3, 0.4) is 0 Å². The molecule has 1 aliphatic heterocycles. The lowest BCUT2D eigenvalue weighted by molar-refractivity contribution is -0.115. The summed E-state index contributed by atoms with van der Waals surface area (Å²) in [5.74, 6) is 0.421. The Hall–Kier alpha value is -1.62. The second-order valence-electron chi connectivity index (χ2n) is 5.30. The van der Waals surface area contributed by atoms with E-state index in [0.29, 0.717) is 16.7 Å². The summed E-state index contributed by atoms with van der Waals surface area (Å²) in [6.45, 7) is 9.54. The third kappa shape index (κ3) is 2.87. The van der Waals surface area contributed by atoms with Crippen LogP contribution in [0.15, 0.2) is 11.8 Å². The van der Waals surface area contributed by atoms with Crippen molar-refractivity contribution < 1.29 is 4.79 Å². The van der Waals surface area contributed by atoms with Gasteiger partial charge in [-0.2, -0.15) is 0 Å². The van der Waals surface area contributed by atoms with Gasteiger partial charge in [0.25, 0.3) is 5.91 Å². The number of carbonyl (C=O) groups is 1. The Labute approximate surface area is 118 Å². The molecule has 0 atom stereocenters. The molecular formula is C14H19N3OS. The number of nitrogens with zero attached hydrogens (tertiary/aromatic N) is 1. The largest absolute Gasteiger partial charge is 0.348 e. The fourth-order valence-corrected chi connectivity index (χ4v) is 2.46. The van der Waals surface area contributed by atoms with Crippen molar-refractivity contribution in [2.75, 3.05) is 0 Å². The van der Waals surface area contributed by atoms with Gasteiger partial charge in [0.05, 0.1) is 0 Å². The highest BCUT2D eigenvalue weighted by molar-refractivity contribution is 7.80. The lowest BCUT2D eigenvalue weighted by Gasteiger charge is -2.12. The molecule has 5 heteroatoms. The zero-order valence-electron chi connectivity index (χ0n) is 11.7. The number of rotatable bonds is 3. The number of thiocarbonyl (C=S) groups is 1. The van der Waals surface area contributed by atoms with Crippen LogP contribution in [0.2, 0.25) is 0 Å². The lowest BCUT2D eigenvalue weighted by atomic mass is 10.2. The fraction of sp³-hybridized carbons (Fsp3) is 0.429. The van der Waals surface area contributed by atoms with Crippen LogP contribution < -0.4 is 10.6 Å². The summed E-state index contributed by atoms with van der Waals surface area (Å²) in [4.78, 5) is 11.6. The van der Waals surface area contributed by atoms with Gasteiger partial charge in [0, 0.05) is 17.9 Å². The second kappa shape index (κ2) is 5.17. The first kappa shape index (κ1) is 13.8. The molecule has 0 saturated carbocycles. The van der Waals surface area contributed by atoms with Crippen molar-refractivity contribution in [1.29, 1.82) is 0 Å². The summed E-state index contributed by atoms with van der Waals surface area (Å²) in [6, 6.07) is 2.10. The molecule has 0 unspecified atom stereocenters. The number of hydrogen-bond donors (Lipinski definition) is 2. The van der Waals surface area contributed by atoms with Crippen LogP contribution in [-0.4, -0.2) is 15.6 Å². The first-order valence-corrected chi connectivity index (χ1v) is 6.80. The number of aromatic nitrogens is 1. The van der Waals surface area contributed by atoms with E-state index in [1.807, 2.05) is 6.08 Å². The van der Waals surface area contributed by atoms with Crippen molar-refractivity contribution >= 4 is 29.3 Å². The molecule has 1 fully saturated rings. The Morgan fingerprint density at radius 1 is 1.37 bits per heavy atom. The highest BCUT2D eigenvalue weighted by Crippen LogP contribution is 2.19. The minimum atomic E-state index is -0.168. The second-order valence-corrected chi connectivity index (χ2v) is 5.71. The average molecular weight is 277 g/mol. The van der Waals surface area contributed by atoms with Gasteiger partial charge >= 0.3 is 0 Å². The molecule has 0 aliphatic carbocycles. The predicted molar refractivity (Wildman–Crippen MR) is 80.6 cm³/mol. The van der Waals surface area contributed by atoms with Gasteiger partial charge in [-0.3, -0.25) is 10.1 Å². The molecule has 1 saturated heterocycles. The van der Waals surface area contributed by atoms with Crippen molar-refractivity contribution in [3.8, 4) is 0 Å². The maximum absolute atomic E-state index is 11.6. The Kier molecular flexibility index (Phi) is 3.75. The van der Waals surface area contributed by atoms with Crippen molar-refractivity contribution in [3.05, 3.63) is 28.7 Å². The molecule has 0 bridgehead atoms. The first-order valence-electron chi connectivity index (χ1n) is 6.39. The van der Waals surface area contributed by atoms with Crippen LogP contribution in [-0.2, 0) is 11.3 Å². The summed E-state index contributed by atoms with van der Waals surface area (Å²) in [5.41, 5.74) is 3.94. The molecule has 1 aromatic rings. The molecule has 19 heavy (non-hydrogen) atoms. The normalized spacial score (nSPS) is 17.2. The van der Waals surface area contributed by atoms with Gasteiger partial charge in [0.2, 0.25) is 0 Å². The quantitative estimate of drug-likeness (QED) is 0.657. The van der Waals surface area contributed by atoms with Crippen molar-refractivity contribution in [3.63, 3.8) is 0 Å². The van der Waals surface area contributed by atoms with E-state index in [1.165, 1.54) is 11.4 Å². The van der Waals surface area contributed by atoms with E-state index in [-0.39, 0.29) is 5.91 Å². The molecule has 1 aliphatic rings. The number of amides is 1. The molecule has 2 heterocycles. The predicted octanol–water partition coefficient (Wildman–Crippen LogP) is 2.11. The molecule has 0 radical (unpaired) electrons. The van der Waals surface area contributed by atoms with Gasteiger partial charge in [-0.25, -0.2) is 0 Å². The number of nitrogens with one attached hydrogen (secondary N) is 2. The molecule has 1 aromatic heterocycles. The lowest BCUT2D eigenvalue weighted by Crippen LogP contribution is -2.21. The molecule has 1 amide bonds. The molecule has 2 rings (SSSR count). The summed E-state index contributed by atoms with van der Waals surface area (Å²) < 4.78 is 2.28. The number of aryl methyl sites for hydroxylation is 1. The van der Waals surface area contributed by atoms with Crippen molar-refractivity contribution in [1.82, 2.24) is 15.2 Å². The van der Waals surface area contributed by atoms with Crippen molar-refractivity contribution in [2.45, 2.75) is 34.2 Å². The van der Waals surface area contributed by atoms with Crippen LogP contribution in [0, 0.1) is 19.8 Å². The van der Waals surface area contributed by atoms with Crippen LogP contribution >= 0.6 is 12.2 Å². The van der Waals surface area contributed by atoms with Crippen LogP contribution in [0.4, 0.5) is 0 Å². The van der Waals surface area contributed by atoms with Crippen LogP contribution in [0.25, 0.3) is 6.08 Å². The monoisotopic (exact) mass is 277 g/mol. The van der Waals surface area contributed by atoms with Crippen molar-refractivity contribution in [2.24, 2.45) is 5.92 Å². The summed E-state index contributed by atoms with van der Waals surface area (Å²) in [7, 11) is 0. The SMILES string of the molecule is Cc1cc(/C=C2\NC(=S)NC2=O)c(C)n1CC(C)C. The van der Waals surface area contributed by atoms with E-state index < -0.39 is 0 Å². The van der Waals surface area contributed by atoms with Gasteiger partial charge in [0.15, 0.2) is 5.11 Å². The minimum Gasteiger partial charge on any atom is -0.348 e. The van der Waals surface area contributed by atoms with Gasteiger partial charge in [-0.15, -0.1) is 0 Å². The highest BCUT2D eigenvalue weighted by atomic mass is 32.1. The maximum Gasteiger partial charge on any atom is 0.273 e. The minimum absolute atomic E-state index is 0.168. The Morgan fingerprint density at radius 2 is 2.05 bits per heavy atom. The Morgan fingerprint density at radius 3 is 2.58 bits per heavy atom. The van der Waals surface area contributed by atoms with Gasteiger partial charge in [-0.05, 0) is 49.7 Å². The highest BCUT2D eigenvalue weighted by Gasteiger charge is 2.20. The van der Waals surface area contributed by atoms with Crippen LogP contribution in [0.1, 0.15) is 30.8 Å². The van der Waals surface area contributed by atoms with E-state index in [0.717, 1.165) is 12.1 Å². The summed E-state index contributed by atoms with van der Waals surface area (Å²) in [5, 5.41) is 5.81. The van der Waals surface area contributed by atoms with E-state index in [1.54, 1.807) is 0 Å². The molecule has 4 nitrogen and oxygen atoms in total.